The summed E-state index contributed by atoms with van der Waals surface area (Å²) < 4.78 is 27.3. The highest BCUT2D eigenvalue weighted by Crippen LogP contribution is 2.19. The summed E-state index contributed by atoms with van der Waals surface area (Å²) in [5.74, 6) is 5.84. The highest BCUT2D eigenvalue weighted by molar-refractivity contribution is 7.89. The number of sulfonamides is 1. The van der Waals surface area contributed by atoms with Crippen LogP contribution in [0.15, 0.2) is 35.2 Å². The van der Waals surface area contributed by atoms with E-state index in [0.717, 1.165) is 18.2 Å². The van der Waals surface area contributed by atoms with Crippen LogP contribution in [-0.4, -0.2) is 19.4 Å². The topological polar surface area (TPSA) is 97.1 Å². The van der Waals surface area contributed by atoms with Gasteiger partial charge < -0.3 is 5.43 Å². The van der Waals surface area contributed by atoms with Gasteiger partial charge in [0.2, 0.25) is 10.0 Å². The number of aromatic nitrogens is 1. The molecule has 0 amide bonds. The van der Waals surface area contributed by atoms with Crippen LogP contribution in [-0.2, 0) is 10.0 Å². The van der Waals surface area contributed by atoms with Gasteiger partial charge in [-0.2, -0.15) is 0 Å². The van der Waals surface area contributed by atoms with E-state index >= 15 is 0 Å². The zero-order valence-corrected chi connectivity index (χ0v) is 12.9. The Balaban J connectivity index is 2.34. The molecule has 0 aliphatic carbocycles. The molecule has 0 saturated heterocycles. The molecule has 1 heterocycles. The fourth-order valence-electron chi connectivity index (χ4n) is 2.18. The number of nitrogens with two attached hydrogens (primary N) is 1. The lowest BCUT2D eigenvalue weighted by Gasteiger charge is -2.13. The molecule has 0 spiro atoms. The number of anilines is 1. The van der Waals surface area contributed by atoms with Crippen molar-refractivity contribution < 1.29 is 8.42 Å². The smallest absolute Gasteiger partial charge is 0.240 e. The van der Waals surface area contributed by atoms with Gasteiger partial charge in [0.25, 0.3) is 0 Å². The number of nitrogens with one attached hydrogen (secondary N) is 2. The van der Waals surface area contributed by atoms with E-state index in [4.69, 9.17) is 5.84 Å². The number of benzene rings is 1. The molecule has 1 aromatic carbocycles. The number of nitrogen functional groups attached to an aromatic ring is 1. The average molecular weight is 308 g/mol. The first-order valence-electron chi connectivity index (χ1n) is 6.86. The van der Waals surface area contributed by atoms with E-state index < -0.39 is 10.0 Å². The summed E-state index contributed by atoms with van der Waals surface area (Å²) >= 11 is 0. The second-order valence-corrected chi connectivity index (χ2v) is 6.72. The van der Waals surface area contributed by atoms with E-state index in [9.17, 15) is 8.42 Å². The third-order valence-corrected chi connectivity index (χ3v) is 4.78. The Kier molecular flexibility index (Phi) is 4.76. The Morgan fingerprint density at radius 2 is 2.05 bits per heavy atom. The average Bonchev–Trinajstić information content (AvgIpc) is 2.45. The largest absolute Gasteiger partial charge is 0.308 e. The lowest BCUT2D eigenvalue weighted by molar-refractivity contribution is 0.544. The van der Waals surface area contributed by atoms with Gasteiger partial charge in [0, 0.05) is 11.4 Å². The van der Waals surface area contributed by atoms with Crippen LogP contribution < -0.4 is 16.0 Å². The van der Waals surface area contributed by atoms with Gasteiger partial charge in [-0.25, -0.2) is 24.0 Å². The number of hydrogen-bond donors (Lipinski definition) is 3. The summed E-state index contributed by atoms with van der Waals surface area (Å²) in [4.78, 5) is 4.50. The Bertz CT molecular complexity index is 731. The number of hydrazine groups is 1. The summed E-state index contributed by atoms with van der Waals surface area (Å²) in [5, 5.41) is 0.750. The Labute approximate surface area is 124 Å². The molecule has 0 aliphatic heterocycles. The Morgan fingerprint density at radius 3 is 2.71 bits per heavy atom. The van der Waals surface area contributed by atoms with Crippen molar-refractivity contribution in [3.63, 3.8) is 0 Å². The molecule has 0 radical (unpaired) electrons. The fourth-order valence-corrected chi connectivity index (χ4v) is 3.49. The van der Waals surface area contributed by atoms with Crippen molar-refractivity contribution in [3.8, 4) is 0 Å². The first kappa shape index (κ1) is 15.7. The molecule has 1 unspecified atom stereocenters. The molecule has 114 valence electrons. The molecule has 1 aromatic heterocycles. The minimum atomic E-state index is -3.51. The second kappa shape index (κ2) is 6.38. The highest BCUT2D eigenvalue weighted by atomic mass is 32.2. The van der Waals surface area contributed by atoms with Crippen LogP contribution in [0.3, 0.4) is 0 Å². The van der Waals surface area contributed by atoms with Gasteiger partial charge in [-0.1, -0.05) is 13.3 Å². The first-order chi connectivity index (χ1) is 9.96. The molecule has 7 heteroatoms. The van der Waals surface area contributed by atoms with E-state index in [0.29, 0.717) is 11.3 Å². The SMILES string of the molecule is CCCC(C)NS(=O)(=O)c1ccc2nc(NN)ccc2c1. The molecule has 4 N–H and O–H groups in total. The van der Waals surface area contributed by atoms with Crippen molar-refractivity contribution >= 4 is 26.7 Å². The van der Waals surface area contributed by atoms with E-state index in [-0.39, 0.29) is 10.9 Å². The maximum Gasteiger partial charge on any atom is 0.240 e. The minimum Gasteiger partial charge on any atom is -0.308 e. The standard InChI is InChI=1S/C14H20N4O2S/c1-3-4-10(2)18-21(19,20)12-6-7-13-11(9-12)5-8-14(16-13)17-15/h5-10,18H,3-4,15H2,1-2H3,(H,16,17). The molecule has 0 aliphatic rings. The van der Waals surface area contributed by atoms with Crippen molar-refractivity contribution in [2.75, 3.05) is 5.43 Å². The van der Waals surface area contributed by atoms with Crippen molar-refractivity contribution in [3.05, 3.63) is 30.3 Å². The molecule has 6 nitrogen and oxygen atoms in total. The number of pyridine rings is 1. The predicted octanol–water partition coefficient (Wildman–Crippen LogP) is 1.99. The van der Waals surface area contributed by atoms with Gasteiger partial charge in [0.05, 0.1) is 10.4 Å². The van der Waals surface area contributed by atoms with Gasteiger partial charge in [-0.3, -0.25) is 0 Å². The Morgan fingerprint density at radius 1 is 1.29 bits per heavy atom. The second-order valence-electron chi connectivity index (χ2n) is 5.01. The molecule has 0 saturated carbocycles. The highest BCUT2D eigenvalue weighted by Gasteiger charge is 2.17. The molecule has 2 rings (SSSR count). The minimum absolute atomic E-state index is 0.0855. The van der Waals surface area contributed by atoms with Crippen LogP contribution >= 0.6 is 0 Å². The van der Waals surface area contributed by atoms with Gasteiger partial charge in [-0.15, -0.1) is 0 Å². The summed E-state index contributed by atoms with van der Waals surface area (Å²) in [5.41, 5.74) is 3.15. The van der Waals surface area contributed by atoms with Gasteiger partial charge >= 0.3 is 0 Å². The van der Waals surface area contributed by atoms with Crippen LogP contribution in [0.1, 0.15) is 26.7 Å². The van der Waals surface area contributed by atoms with Gasteiger partial charge in [-0.05, 0) is 43.7 Å². The summed E-state index contributed by atoms with van der Waals surface area (Å²) in [6, 6.07) is 8.24. The number of nitrogens with zero attached hydrogens (tertiary/aromatic N) is 1. The van der Waals surface area contributed by atoms with Crippen molar-refractivity contribution in [1.82, 2.24) is 9.71 Å². The monoisotopic (exact) mass is 308 g/mol. The molecule has 21 heavy (non-hydrogen) atoms. The van der Waals surface area contributed by atoms with Crippen LogP contribution in [0.25, 0.3) is 10.9 Å². The molecule has 0 fully saturated rings. The van der Waals surface area contributed by atoms with Crippen molar-refractivity contribution in [2.45, 2.75) is 37.6 Å². The van der Waals surface area contributed by atoms with Gasteiger partial charge in [0.15, 0.2) is 0 Å². The molecule has 0 bridgehead atoms. The van der Waals surface area contributed by atoms with E-state index in [1.165, 1.54) is 0 Å². The third kappa shape index (κ3) is 3.69. The zero-order valence-electron chi connectivity index (χ0n) is 12.1. The summed E-state index contributed by atoms with van der Waals surface area (Å²) in [6.07, 6.45) is 1.74. The summed E-state index contributed by atoms with van der Waals surface area (Å²) in [7, 11) is -3.51. The lowest BCUT2D eigenvalue weighted by Crippen LogP contribution is -2.32. The third-order valence-electron chi connectivity index (χ3n) is 3.20. The molecular weight excluding hydrogens is 288 g/mol. The zero-order chi connectivity index (χ0) is 15.5. The van der Waals surface area contributed by atoms with E-state index in [1.807, 2.05) is 13.8 Å². The van der Waals surface area contributed by atoms with E-state index in [1.54, 1.807) is 30.3 Å². The molecule has 2 aromatic rings. The molecule has 1 atom stereocenters. The summed E-state index contributed by atoms with van der Waals surface area (Å²) in [6.45, 7) is 3.89. The van der Waals surface area contributed by atoms with Crippen LogP contribution in [0.2, 0.25) is 0 Å². The lowest BCUT2D eigenvalue weighted by atomic mass is 10.2. The van der Waals surface area contributed by atoms with Crippen LogP contribution in [0, 0.1) is 0 Å². The van der Waals surface area contributed by atoms with Crippen molar-refractivity contribution in [1.29, 1.82) is 0 Å². The van der Waals surface area contributed by atoms with Gasteiger partial charge in [0.1, 0.15) is 5.82 Å². The Hall–Kier alpha value is -1.70. The van der Waals surface area contributed by atoms with Crippen molar-refractivity contribution in [2.24, 2.45) is 5.84 Å². The number of rotatable bonds is 6. The molecular formula is C14H20N4O2S. The maximum absolute atomic E-state index is 12.3. The fraction of sp³-hybridized carbons (Fsp3) is 0.357. The first-order valence-corrected chi connectivity index (χ1v) is 8.34. The predicted molar refractivity (Wildman–Crippen MR) is 84.2 cm³/mol. The normalized spacial score (nSPS) is 13.3. The maximum atomic E-state index is 12.3. The van der Waals surface area contributed by atoms with E-state index in [2.05, 4.69) is 15.1 Å². The number of fused-ring (bicyclic) bond motifs is 1. The quantitative estimate of drug-likeness (QED) is 0.560. The number of hydrogen-bond acceptors (Lipinski definition) is 5. The van der Waals surface area contributed by atoms with Crippen LogP contribution in [0.4, 0.5) is 5.82 Å². The van der Waals surface area contributed by atoms with Crippen LogP contribution in [0.5, 0.6) is 0 Å².